The van der Waals surface area contributed by atoms with Gasteiger partial charge in [0.05, 0.1) is 16.2 Å². The van der Waals surface area contributed by atoms with Crippen LogP contribution < -0.4 is 5.32 Å². The molecule has 10 heteroatoms. The number of nitrogens with zero attached hydrogens (tertiary/aromatic N) is 1. The van der Waals surface area contributed by atoms with E-state index in [0.29, 0.717) is 11.0 Å². The Kier molecular flexibility index (Phi) is 7.48. The van der Waals surface area contributed by atoms with E-state index in [1.54, 1.807) is 6.08 Å². The van der Waals surface area contributed by atoms with Crippen molar-refractivity contribution in [1.29, 1.82) is 0 Å². The number of benzene rings is 2. The van der Waals surface area contributed by atoms with Gasteiger partial charge in [0, 0.05) is 18.7 Å². The molecule has 1 amide bonds. The van der Waals surface area contributed by atoms with Gasteiger partial charge in [-0.15, -0.1) is 0 Å². The third kappa shape index (κ3) is 5.37. The van der Waals surface area contributed by atoms with Crippen molar-refractivity contribution >= 4 is 36.9 Å². The SMILES string of the molecule is CC1(C)OB(C(=Cc2cnc(C(=O)O)c(Cl)c2)CNC(=O)OCC2c3ccccc3-c3ccccc32)OC1(C)C. The fraction of sp³-hybridized carbons (Fsp3) is 0.300. The quantitative estimate of drug-likeness (QED) is 0.342. The lowest BCUT2D eigenvalue weighted by Gasteiger charge is -2.32. The molecule has 3 aromatic rings. The van der Waals surface area contributed by atoms with Crippen molar-refractivity contribution in [1.82, 2.24) is 10.3 Å². The minimum absolute atomic E-state index is 0.000914. The van der Waals surface area contributed by atoms with Crippen LogP contribution in [-0.4, -0.2) is 53.6 Å². The summed E-state index contributed by atoms with van der Waals surface area (Å²) in [5.74, 6) is -1.28. The molecule has 206 valence electrons. The van der Waals surface area contributed by atoms with Crippen LogP contribution in [0, 0.1) is 0 Å². The summed E-state index contributed by atoms with van der Waals surface area (Å²) < 4.78 is 18.1. The molecule has 1 saturated heterocycles. The molecule has 0 saturated carbocycles. The number of amides is 1. The van der Waals surface area contributed by atoms with E-state index in [4.69, 9.17) is 25.6 Å². The number of carboxylic acids is 1. The van der Waals surface area contributed by atoms with Crippen LogP contribution >= 0.6 is 11.6 Å². The van der Waals surface area contributed by atoms with E-state index in [1.807, 2.05) is 52.0 Å². The maximum atomic E-state index is 12.9. The van der Waals surface area contributed by atoms with Gasteiger partial charge in [0.25, 0.3) is 0 Å². The van der Waals surface area contributed by atoms with E-state index < -0.39 is 30.4 Å². The van der Waals surface area contributed by atoms with Crippen LogP contribution in [0.5, 0.6) is 0 Å². The lowest BCUT2D eigenvalue weighted by Crippen LogP contribution is -2.41. The van der Waals surface area contributed by atoms with Gasteiger partial charge in [0.15, 0.2) is 5.69 Å². The molecule has 0 atom stereocenters. The van der Waals surface area contributed by atoms with E-state index in [0.717, 1.165) is 22.3 Å². The molecule has 40 heavy (non-hydrogen) atoms. The van der Waals surface area contributed by atoms with Gasteiger partial charge in [-0.2, -0.15) is 0 Å². The van der Waals surface area contributed by atoms with Crippen molar-refractivity contribution in [2.75, 3.05) is 13.2 Å². The Morgan fingerprint density at radius 1 is 1.05 bits per heavy atom. The number of alkyl carbamates (subject to hydrolysis) is 1. The minimum Gasteiger partial charge on any atom is -0.476 e. The molecule has 0 bridgehead atoms. The van der Waals surface area contributed by atoms with Crippen molar-refractivity contribution in [3.8, 4) is 11.1 Å². The first kappa shape index (κ1) is 27.9. The van der Waals surface area contributed by atoms with Crippen LogP contribution in [0.15, 0.2) is 66.3 Å². The number of carbonyl (C=O) groups is 2. The number of carbonyl (C=O) groups excluding carboxylic acids is 1. The summed E-state index contributed by atoms with van der Waals surface area (Å²) in [5.41, 5.74) is 4.23. The van der Waals surface area contributed by atoms with Gasteiger partial charge < -0.3 is 24.5 Å². The van der Waals surface area contributed by atoms with Gasteiger partial charge in [-0.3, -0.25) is 0 Å². The van der Waals surface area contributed by atoms with Crippen molar-refractivity contribution in [3.05, 3.63) is 93.7 Å². The van der Waals surface area contributed by atoms with Gasteiger partial charge in [0.1, 0.15) is 6.61 Å². The second kappa shape index (κ2) is 10.7. The summed E-state index contributed by atoms with van der Waals surface area (Å²) in [7, 11) is -0.767. The zero-order chi connectivity index (χ0) is 28.7. The van der Waals surface area contributed by atoms with Crippen molar-refractivity contribution in [2.45, 2.75) is 44.8 Å². The van der Waals surface area contributed by atoms with Gasteiger partial charge in [-0.1, -0.05) is 66.2 Å². The second-order valence-corrected chi connectivity index (χ2v) is 11.3. The molecule has 2 N–H and O–H groups in total. The predicted molar refractivity (Wildman–Crippen MR) is 153 cm³/mol. The monoisotopic (exact) mass is 560 g/mol. The molecule has 0 unspecified atom stereocenters. The third-order valence-electron chi connectivity index (χ3n) is 7.75. The summed E-state index contributed by atoms with van der Waals surface area (Å²) >= 11 is 6.14. The molecular weight excluding hydrogens is 531 g/mol. The lowest BCUT2D eigenvalue weighted by atomic mass is 9.77. The van der Waals surface area contributed by atoms with Crippen LogP contribution in [0.25, 0.3) is 17.2 Å². The summed E-state index contributed by atoms with van der Waals surface area (Å²) in [5, 5.41) is 12.1. The smallest absolute Gasteiger partial charge is 0.476 e. The van der Waals surface area contributed by atoms with Crippen LogP contribution in [0.2, 0.25) is 5.02 Å². The zero-order valence-electron chi connectivity index (χ0n) is 22.7. The summed E-state index contributed by atoms with van der Waals surface area (Å²) in [4.78, 5) is 28.1. The van der Waals surface area contributed by atoms with Crippen molar-refractivity contribution in [2.24, 2.45) is 0 Å². The number of fused-ring (bicyclic) bond motifs is 3. The third-order valence-corrected chi connectivity index (χ3v) is 8.04. The predicted octanol–water partition coefficient (Wildman–Crippen LogP) is 5.99. The summed E-state index contributed by atoms with van der Waals surface area (Å²) in [6, 6.07) is 17.8. The number of ether oxygens (including phenoxy) is 1. The molecule has 1 aliphatic heterocycles. The first-order valence-corrected chi connectivity index (χ1v) is 13.4. The van der Waals surface area contributed by atoms with Gasteiger partial charge in [-0.25, -0.2) is 14.6 Å². The molecule has 2 heterocycles. The van der Waals surface area contributed by atoms with E-state index in [1.165, 1.54) is 12.3 Å². The number of aromatic nitrogens is 1. The number of hydrogen-bond donors (Lipinski definition) is 2. The van der Waals surface area contributed by atoms with Crippen LogP contribution in [0.3, 0.4) is 0 Å². The number of hydrogen-bond acceptors (Lipinski definition) is 6. The molecule has 0 radical (unpaired) electrons. The van der Waals surface area contributed by atoms with E-state index in [-0.39, 0.29) is 29.8 Å². The highest BCUT2D eigenvalue weighted by Gasteiger charge is 2.52. The van der Waals surface area contributed by atoms with Gasteiger partial charge in [-0.05, 0) is 67.1 Å². The Balaban J connectivity index is 1.32. The van der Waals surface area contributed by atoms with Crippen molar-refractivity contribution in [3.63, 3.8) is 0 Å². The molecule has 2 aromatic carbocycles. The fourth-order valence-electron chi connectivity index (χ4n) is 4.92. The maximum Gasteiger partial charge on any atom is 0.492 e. The molecule has 0 spiro atoms. The van der Waals surface area contributed by atoms with Gasteiger partial charge in [0.2, 0.25) is 0 Å². The Morgan fingerprint density at radius 2 is 1.62 bits per heavy atom. The fourth-order valence-corrected chi connectivity index (χ4v) is 5.18. The highest BCUT2D eigenvalue weighted by molar-refractivity contribution is 6.56. The molecule has 1 aliphatic carbocycles. The molecule has 5 rings (SSSR count). The Hall–Kier alpha value is -3.66. The topological polar surface area (TPSA) is 107 Å². The van der Waals surface area contributed by atoms with Crippen LogP contribution in [0.1, 0.15) is 60.8 Å². The Morgan fingerprint density at radius 3 is 2.17 bits per heavy atom. The average molecular weight is 561 g/mol. The zero-order valence-corrected chi connectivity index (χ0v) is 23.5. The normalized spacial score (nSPS) is 17.3. The number of carboxylic acid groups (broad SMARTS) is 1. The van der Waals surface area contributed by atoms with Crippen molar-refractivity contribution < 1.29 is 28.7 Å². The number of pyridine rings is 1. The Bertz CT molecular complexity index is 1440. The summed E-state index contributed by atoms with van der Waals surface area (Å²) in [6.07, 6.45) is 2.53. The highest BCUT2D eigenvalue weighted by atomic mass is 35.5. The number of aromatic carboxylic acids is 1. The minimum atomic E-state index is -1.22. The molecule has 8 nitrogen and oxygen atoms in total. The average Bonchev–Trinajstić information content (AvgIpc) is 3.34. The van der Waals surface area contributed by atoms with Crippen LogP contribution in [-0.2, 0) is 14.0 Å². The van der Waals surface area contributed by atoms with Crippen LogP contribution in [0.4, 0.5) is 4.79 Å². The van der Waals surface area contributed by atoms with E-state index in [2.05, 4.69) is 34.6 Å². The summed E-state index contributed by atoms with van der Waals surface area (Å²) in [6.45, 7) is 7.98. The number of nitrogens with one attached hydrogen (secondary N) is 1. The highest BCUT2D eigenvalue weighted by Crippen LogP contribution is 2.44. The lowest BCUT2D eigenvalue weighted by molar-refractivity contribution is 0.00578. The first-order chi connectivity index (χ1) is 19.0. The molecular formula is C30H30BClN2O6. The largest absolute Gasteiger partial charge is 0.492 e. The van der Waals surface area contributed by atoms with Gasteiger partial charge >= 0.3 is 19.2 Å². The molecule has 2 aliphatic rings. The first-order valence-electron chi connectivity index (χ1n) is 13.0. The van der Waals surface area contributed by atoms with E-state index in [9.17, 15) is 14.7 Å². The maximum absolute atomic E-state index is 12.9. The molecule has 1 fully saturated rings. The standard InChI is InChI=1S/C30H30BClN2O6/c1-29(2)30(3,4)40-31(39-29)19(13-18-14-25(32)26(27(35)36)33-15-18)16-34-28(37)38-17-24-22-11-7-5-9-20(22)21-10-6-8-12-23(21)24/h5-15,24H,16-17H2,1-4H3,(H,34,37)(H,35,36). The second-order valence-electron chi connectivity index (χ2n) is 10.9. The molecule has 1 aromatic heterocycles. The number of rotatable bonds is 7. The van der Waals surface area contributed by atoms with E-state index >= 15 is 0 Å². The Labute approximate surface area is 238 Å². The number of halogens is 1.